The van der Waals surface area contributed by atoms with Gasteiger partial charge in [0, 0.05) is 25.2 Å². The van der Waals surface area contributed by atoms with Crippen LogP contribution < -0.4 is 20.3 Å². The van der Waals surface area contributed by atoms with Crippen LogP contribution >= 0.6 is 23.6 Å². The number of morpholine rings is 1. The smallest absolute Gasteiger partial charge is 0.270 e. The average molecular weight is 474 g/mol. The van der Waals surface area contributed by atoms with Crippen LogP contribution in [-0.2, 0) is 4.74 Å². The number of rotatable bonds is 5. The number of hydrogen-bond acceptors (Lipinski definition) is 9. The summed E-state index contributed by atoms with van der Waals surface area (Å²) >= 11 is 6.64. The van der Waals surface area contributed by atoms with Crippen molar-refractivity contribution in [3.05, 3.63) is 52.1 Å². The maximum absolute atomic E-state index is 13.0. The zero-order chi connectivity index (χ0) is 22.7. The molecule has 166 valence electrons. The molecule has 1 fully saturated rings. The molecule has 0 spiro atoms. The summed E-state index contributed by atoms with van der Waals surface area (Å²) in [5.74, 6) is 0.167. The van der Waals surface area contributed by atoms with E-state index in [0.29, 0.717) is 42.9 Å². The Bertz CT molecular complexity index is 1190. The minimum absolute atomic E-state index is 0.0421. The van der Waals surface area contributed by atoms with Crippen molar-refractivity contribution in [2.75, 3.05) is 43.6 Å². The summed E-state index contributed by atoms with van der Waals surface area (Å²) in [5, 5.41) is 17.3. The van der Waals surface area contributed by atoms with Crippen LogP contribution in [0.1, 0.15) is 10.4 Å². The van der Waals surface area contributed by atoms with E-state index in [1.807, 2.05) is 17.0 Å². The van der Waals surface area contributed by atoms with E-state index in [0.717, 1.165) is 10.2 Å². The van der Waals surface area contributed by atoms with Crippen molar-refractivity contribution in [1.82, 2.24) is 10.3 Å². The normalized spacial score (nSPS) is 13.6. The summed E-state index contributed by atoms with van der Waals surface area (Å²) < 4.78 is 11.5. The molecule has 0 atom stereocenters. The maximum Gasteiger partial charge on any atom is 0.270 e. The number of non-ortho nitro benzene ring substituents is 1. The van der Waals surface area contributed by atoms with Gasteiger partial charge in [0.05, 0.1) is 46.7 Å². The van der Waals surface area contributed by atoms with E-state index < -0.39 is 10.8 Å². The molecular weight excluding hydrogens is 454 g/mol. The van der Waals surface area contributed by atoms with Crippen LogP contribution in [0.3, 0.4) is 0 Å². The summed E-state index contributed by atoms with van der Waals surface area (Å²) in [5.41, 5.74) is 1.34. The van der Waals surface area contributed by atoms with E-state index >= 15 is 0 Å². The summed E-state index contributed by atoms with van der Waals surface area (Å²) in [6, 6.07) is 9.71. The first-order valence-electron chi connectivity index (χ1n) is 9.62. The summed E-state index contributed by atoms with van der Waals surface area (Å²) in [6.45, 7) is 2.19. The number of hydrogen-bond donors (Lipinski definition) is 2. The van der Waals surface area contributed by atoms with E-state index in [1.54, 1.807) is 19.2 Å². The molecule has 10 nitrogen and oxygen atoms in total. The van der Waals surface area contributed by atoms with Gasteiger partial charge in [0.25, 0.3) is 11.6 Å². The maximum atomic E-state index is 13.0. The van der Waals surface area contributed by atoms with E-state index in [9.17, 15) is 14.9 Å². The molecule has 0 aliphatic carbocycles. The molecule has 12 heteroatoms. The predicted molar refractivity (Wildman–Crippen MR) is 126 cm³/mol. The Balaban J connectivity index is 1.52. The second-order valence-electron chi connectivity index (χ2n) is 6.82. The van der Waals surface area contributed by atoms with Gasteiger partial charge in [-0.05, 0) is 36.5 Å². The number of ether oxygens (including phenoxy) is 2. The van der Waals surface area contributed by atoms with Crippen LogP contribution in [0, 0.1) is 10.1 Å². The highest BCUT2D eigenvalue weighted by atomic mass is 32.1. The number of aromatic nitrogens is 1. The molecule has 0 bridgehead atoms. The van der Waals surface area contributed by atoms with Gasteiger partial charge < -0.3 is 19.7 Å². The number of amides is 1. The number of nitro groups is 1. The third-order valence-corrected chi connectivity index (χ3v) is 5.97. The molecule has 0 unspecified atom stereocenters. The first kappa shape index (κ1) is 21.9. The first-order valence-corrected chi connectivity index (χ1v) is 10.8. The van der Waals surface area contributed by atoms with Crippen molar-refractivity contribution in [2.45, 2.75) is 0 Å². The molecule has 1 aliphatic rings. The second kappa shape index (κ2) is 9.42. The Labute approximate surface area is 192 Å². The molecule has 3 aromatic rings. The lowest BCUT2D eigenvalue weighted by atomic mass is 10.1. The standard InChI is InChI=1S/C20H19N5O5S2/c1-29-13-3-4-15-17(11-13)32-20(21-15)23-19(31)22-18(26)14-10-12(25(27)28)2-5-16(14)24-6-8-30-9-7-24/h2-5,10-11H,6-9H2,1H3,(H2,21,22,23,26,31). The molecule has 0 radical (unpaired) electrons. The number of thiazole rings is 1. The Kier molecular flexibility index (Phi) is 6.44. The fourth-order valence-corrected chi connectivity index (χ4v) is 4.44. The zero-order valence-corrected chi connectivity index (χ0v) is 18.6. The van der Waals surface area contributed by atoms with Crippen LogP contribution in [0.4, 0.5) is 16.5 Å². The molecule has 0 saturated carbocycles. The zero-order valence-electron chi connectivity index (χ0n) is 17.0. The number of carbonyl (C=O) groups excluding carboxylic acids is 1. The molecular formula is C20H19N5O5S2. The average Bonchev–Trinajstić information content (AvgIpc) is 3.20. The number of anilines is 2. The van der Waals surface area contributed by atoms with Crippen molar-refractivity contribution < 1.29 is 19.2 Å². The van der Waals surface area contributed by atoms with E-state index in [4.69, 9.17) is 21.7 Å². The van der Waals surface area contributed by atoms with Gasteiger partial charge in [0.15, 0.2) is 10.2 Å². The Morgan fingerprint density at radius 1 is 1.28 bits per heavy atom. The lowest BCUT2D eigenvalue weighted by Gasteiger charge is -2.30. The van der Waals surface area contributed by atoms with Crippen LogP contribution in [0.5, 0.6) is 5.75 Å². The summed E-state index contributed by atoms with van der Waals surface area (Å²) in [6.07, 6.45) is 0. The number of carbonyl (C=O) groups is 1. The first-order chi connectivity index (χ1) is 15.4. The largest absolute Gasteiger partial charge is 0.497 e. The van der Waals surface area contributed by atoms with Gasteiger partial charge in [-0.3, -0.25) is 20.2 Å². The predicted octanol–water partition coefficient (Wildman–Crippen LogP) is 3.18. The number of benzene rings is 2. The molecule has 1 aliphatic heterocycles. The lowest BCUT2D eigenvalue weighted by molar-refractivity contribution is -0.384. The van der Waals surface area contributed by atoms with Gasteiger partial charge >= 0.3 is 0 Å². The van der Waals surface area contributed by atoms with Gasteiger partial charge in [0.1, 0.15) is 5.75 Å². The summed E-state index contributed by atoms with van der Waals surface area (Å²) in [7, 11) is 1.59. The number of nitrogens with one attached hydrogen (secondary N) is 2. The highest BCUT2D eigenvalue weighted by Crippen LogP contribution is 2.29. The number of fused-ring (bicyclic) bond motifs is 1. The van der Waals surface area contributed by atoms with E-state index in [2.05, 4.69) is 15.6 Å². The molecule has 32 heavy (non-hydrogen) atoms. The fourth-order valence-electron chi connectivity index (χ4n) is 3.28. The van der Waals surface area contributed by atoms with Crippen molar-refractivity contribution in [3.63, 3.8) is 0 Å². The highest BCUT2D eigenvalue weighted by molar-refractivity contribution is 7.80. The van der Waals surface area contributed by atoms with Crippen LogP contribution in [0.2, 0.25) is 0 Å². The SMILES string of the molecule is COc1ccc2nc(NC(=S)NC(=O)c3cc([N+](=O)[O-])ccc3N3CCOCC3)sc2c1. The third kappa shape index (κ3) is 4.77. The quantitative estimate of drug-likeness (QED) is 0.327. The number of nitrogens with zero attached hydrogens (tertiary/aromatic N) is 3. The number of thiocarbonyl (C=S) groups is 1. The minimum Gasteiger partial charge on any atom is -0.497 e. The fraction of sp³-hybridized carbons (Fsp3) is 0.250. The molecule has 1 saturated heterocycles. The molecule has 1 amide bonds. The van der Waals surface area contributed by atoms with E-state index in [-0.39, 0.29) is 16.4 Å². The monoisotopic (exact) mass is 473 g/mol. The molecule has 1 aromatic heterocycles. The second-order valence-corrected chi connectivity index (χ2v) is 8.26. The molecule has 2 aromatic carbocycles. The van der Waals surface area contributed by atoms with Gasteiger partial charge in [0.2, 0.25) is 0 Å². The van der Waals surface area contributed by atoms with Crippen molar-refractivity contribution in [3.8, 4) is 5.75 Å². The topological polar surface area (TPSA) is 119 Å². The van der Waals surface area contributed by atoms with Crippen LogP contribution in [0.25, 0.3) is 10.2 Å². The molecule has 2 N–H and O–H groups in total. The Morgan fingerprint density at radius 2 is 2.06 bits per heavy atom. The summed E-state index contributed by atoms with van der Waals surface area (Å²) in [4.78, 5) is 30.1. The van der Waals surface area contributed by atoms with Gasteiger partial charge in [-0.1, -0.05) is 11.3 Å². The number of nitro benzene ring substituents is 1. The molecule has 4 rings (SSSR count). The van der Waals surface area contributed by atoms with E-state index in [1.165, 1.54) is 23.5 Å². The number of methoxy groups -OCH3 is 1. The minimum atomic E-state index is -0.546. The van der Waals surface area contributed by atoms with Crippen molar-refractivity contribution in [1.29, 1.82) is 0 Å². The Hall–Kier alpha value is -3.35. The Morgan fingerprint density at radius 3 is 2.78 bits per heavy atom. The third-order valence-electron chi connectivity index (χ3n) is 4.83. The van der Waals surface area contributed by atoms with Gasteiger partial charge in [-0.15, -0.1) is 0 Å². The van der Waals surface area contributed by atoms with Crippen molar-refractivity contribution in [2.24, 2.45) is 0 Å². The lowest BCUT2D eigenvalue weighted by Crippen LogP contribution is -2.39. The van der Waals surface area contributed by atoms with Gasteiger partial charge in [-0.2, -0.15) is 0 Å². The highest BCUT2D eigenvalue weighted by Gasteiger charge is 2.23. The van der Waals surface area contributed by atoms with Crippen molar-refractivity contribution >= 4 is 61.3 Å². The van der Waals surface area contributed by atoms with Crippen LogP contribution in [0.15, 0.2) is 36.4 Å². The van der Waals surface area contributed by atoms with Gasteiger partial charge in [-0.25, -0.2) is 4.98 Å². The molecule has 2 heterocycles. The van der Waals surface area contributed by atoms with Crippen LogP contribution in [-0.4, -0.2) is 54.3 Å².